The smallest absolute Gasteiger partial charge is 0.0587 e. The fourth-order valence-corrected chi connectivity index (χ4v) is 2.56. The van der Waals surface area contributed by atoms with Gasteiger partial charge in [-0.2, -0.15) is 0 Å². The van der Waals surface area contributed by atoms with Crippen LogP contribution in [0.4, 0.5) is 5.69 Å². The highest BCUT2D eigenvalue weighted by Gasteiger charge is 2.08. The molecule has 1 rings (SSSR count). The number of anilines is 1. The molecule has 0 saturated heterocycles. The molecule has 14 heavy (non-hydrogen) atoms. The molecule has 0 aliphatic carbocycles. The highest BCUT2D eigenvalue weighted by atomic mass is 35.5. The van der Waals surface area contributed by atoms with Gasteiger partial charge in [0.1, 0.15) is 0 Å². The molecule has 3 nitrogen and oxygen atoms in total. The Balaban J connectivity index is 2.80. The SMILES string of the molecule is Nc1ccc(S(=O)CCCO)c(Cl)c1. The molecule has 0 heterocycles. The molecule has 0 aromatic heterocycles. The summed E-state index contributed by atoms with van der Waals surface area (Å²) < 4.78 is 11.6. The number of hydrogen-bond acceptors (Lipinski definition) is 3. The van der Waals surface area contributed by atoms with E-state index in [1.165, 1.54) is 0 Å². The molecule has 1 atom stereocenters. The zero-order valence-electron chi connectivity index (χ0n) is 7.57. The van der Waals surface area contributed by atoms with Crippen LogP contribution in [0.25, 0.3) is 0 Å². The predicted molar refractivity (Wildman–Crippen MR) is 58.8 cm³/mol. The largest absolute Gasteiger partial charge is 0.399 e. The quantitative estimate of drug-likeness (QED) is 0.773. The van der Waals surface area contributed by atoms with Crippen molar-refractivity contribution in [3.8, 4) is 0 Å². The maximum atomic E-state index is 11.6. The molecule has 0 amide bonds. The average Bonchev–Trinajstić information content (AvgIpc) is 2.14. The van der Waals surface area contributed by atoms with Crippen LogP contribution in [0.15, 0.2) is 23.1 Å². The highest BCUT2D eigenvalue weighted by molar-refractivity contribution is 7.85. The molecule has 0 aliphatic heterocycles. The Morgan fingerprint density at radius 3 is 2.79 bits per heavy atom. The van der Waals surface area contributed by atoms with Gasteiger partial charge in [0.25, 0.3) is 0 Å². The summed E-state index contributed by atoms with van der Waals surface area (Å²) in [5.74, 6) is 0.417. The lowest BCUT2D eigenvalue weighted by Crippen LogP contribution is -2.01. The Morgan fingerprint density at radius 2 is 2.21 bits per heavy atom. The molecule has 0 spiro atoms. The summed E-state index contributed by atoms with van der Waals surface area (Å²) in [7, 11) is -1.15. The van der Waals surface area contributed by atoms with Gasteiger partial charge in [-0.15, -0.1) is 0 Å². The van der Waals surface area contributed by atoms with Gasteiger partial charge in [0.15, 0.2) is 0 Å². The number of aliphatic hydroxyl groups is 1. The van der Waals surface area contributed by atoms with E-state index in [-0.39, 0.29) is 6.61 Å². The van der Waals surface area contributed by atoms with Crippen molar-refractivity contribution in [2.24, 2.45) is 0 Å². The number of aliphatic hydroxyl groups excluding tert-OH is 1. The third kappa shape index (κ3) is 2.97. The van der Waals surface area contributed by atoms with E-state index in [1.54, 1.807) is 18.2 Å². The minimum Gasteiger partial charge on any atom is -0.399 e. The van der Waals surface area contributed by atoms with Crippen molar-refractivity contribution < 1.29 is 9.32 Å². The molecule has 1 aromatic rings. The van der Waals surface area contributed by atoms with E-state index in [0.29, 0.717) is 27.8 Å². The van der Waals surface area contributed by atoms with Gasteiger partial charge in [-0.3, -0.25) is 4.21 Å². The average molecular weight is 234 g/mol. The van der Waals surface area contributed by atoms with Crippen LogP contribution in [0.1, 0.15) is 6.42 Å². The Labute approximate surface area is 90.3 Å². The lowest BCUT2D eigenvalue weighted by molar-refractivity contribution is 0.296. The van der Waals surface area contributed by atoms with E-state index in [1.807, 2.05) is 0 Å². The topological polar surface area (TPSA) is 63.3 Å². The summed E-state index contributed by atoms with van der Waals surface area (Å²) in [5, 5.41) is 9.01. The number of nitrogens with two attached hydrogens (primary N) is 1. The van der Waals surface area contributed by atoms with Crippen molar-refractivity contribution in [3.63, 3.8) is 0 Å². The molecule has 1 unspecified atom stereocenters. The van der Waals surface area contributed by atoms with Gasteiger partial charge >= 0.3 is 0 Å². The maximum Gasteiger partial charge on any atom is 0.0587 e. The van der Waals surface area contributed by atoms with Gasteiger partial charge in [-0.25, -0.2) is 0 Å². The fourth-order valence-electron chi connectivity index (χ4n) is 1.01. The Bertz CT molecular complexity index is 344. The molecule has 0 aliphatic rings. The molecule has 0 saturated carbocycles. The zero-order chi connectivity index (χ0) is 10.6. The van der Waals surface area contributed by atoms with Crippen LogP contribution in [-0.2, 0) is 10.8 Å². The van der Waals surface area contributed by atoms with Crippen LogP contribution in [0.5, 0.6) is 0 Å². The number of rotatable bonds is 4. The Kier molecular flexibility index (Phi) is 4.38. The van der Waals surface area contributed by atoms with Gasteiger partial charge in [0.2, 0.25) is 0 Å². The van der Waals surface area contributed by atoms with Gasteiger partial charge in [0.05, 0.1) is 20.7 Å². The van der Waals surface area contributed by atoms with Gasteiger partial charge in [0, 0.05) is 18.0 Å². The van der Waals surface area contributed by atoms with E-state index in [2.05, 4.69) is 0 Å². The van der Waals surface area contributed by atoms with Gasteiger partial charge < -0.3 is 10.8 Å². The second-order valence-electron chi connectivity index (χ2n) is 2.82. The molecule has 78 valence electrons. The van der Waals surface area contributed by atoms with Crippen molar-refractivity contribution in [3.05, 3.63) is 23.2 Å². The normalized spacial score (nSPS) is 12.7. The highest BCUT2D eigenvalue weighted by Crippen LogP contribution is 2.22. The number of benzene rings is 1. The van der Waals surface area contributed by atoms with Crippen molar-refractivity contribution >= 4 is 28.1 Å². The molecule has 1 aromatic carbocycles. The van der Waals surface area contributed by atoms with E-state index in [4.69, 9.17) is 22.4 Å². The minimum absolute atomic E-state index is 0.0400. The van der Waals surface area contributed by atoms with Crippen LogP contribution in [0.2, 0.25) is 5.02 Å². The van der Waals surface area contributed by atoms with E-state index < -0.39 is 10.8 Å². The van der Waals surface area contributed by atoms with E-state index >= 15 is 0 Å². The molecule has 0 fully saturated rings. The fraction of sp³-hybridized carbons (Fsp3) is 0.333. The minimum atomic E-state index is -1.15. The van der Waals surface area contributed by atoms with E-state index in [9.17, 15) is 4.21 Å². The first-order chi connectivity index (χ1) is 6.65. The van der Waals surface area contributed by atoms with Crippen LogP contribution >= 0.6 is 11.6 Å². The van der Waals surface area contributed by atoms with Crippen molar-refractivity contribution in [2.75, 3.05) is 18.1 Å². The van der Waals surface area contributed by atoms with Gasteiger partial charge in [-0.1, -0.05) is 11.6 Å². The summed E-state index contributed by atoms with van der Waals surface area (Å²) in [4.78, 5) is 0.578. The lowest BCUT2D eigenvalue weighted by atomic mass is 10.3. The summed E-state index contributed by atoms with van der Waals surface area (Å²) in [6.45, 7) is 0.0400. The first kappa shape index (κ1) is 11.5. The molecule has 5 heteroatoms. The van der Waals surface area contributed by atoms with Crippen LogP contribution in [-0.4, -0.2) is 21.7 Å². The first-order valence-electron chi connectivity index (χ1n) is 4.19. The number of halogens is 1. The number of nitrogen functional groups attached to an aromatic ring is 1. The van der Waals surface area contributed by atoms with Crippen molar-refractivity contribution in [2.45, 2.75) is 11.3 Å². The Morgan fingerprint density at radius 1 is 1.50 bits per heavy atom. The van der Waals surface area contributed by atoms with Crippen molar-refractivity contribution in [1.82, 2.24) is 0 Å². The summed E-state index contributed by atoms with van der Waals surface area (Å²) in [5.41, 5.74) is 6.06. The summed E-state index contributed by atoms with van der Waals surface area (Å²) in [6.07, 6.45) is 0.507. The Hall–Kier alpha value is -0.580. The summed E-state index contributed by atoms with van der Waals surface area (Å²) >= 11 is 5.87. The molecular formula is C9H12ClNO2S. The van der Waals surface area contributed by atoms with Crippen LogP contribution < -0.4 is 5.73 Å². The lowest BCUT2D eigenvalue weighted by Gasteiger charge is -2.04. The van der Waals surface area contributed by atoms with Crippen molar-refractivity contribution in [1.29, 1.82) is 0 Å². The molecule has 0 bridgehead atoms. The predicted octanol–water partition coefficient (Wildman–Crippen LogP) is 1.41. The second-order valence-corrected chi connectivity index (χ2v) is 4.76. The zero-order valence-corrected chi connectivity index (χ0v) is 9.14. The van der Waals surface area contributed by atoms with Gasteiger partial charge in [-0.05, 0) is 24.6 Å². The number of hydrogen-bond donors (Lipinski definition) is 2. The molecule has 3 N–H and O–H groups in total. The summed E-state index contributed by atoms with van der Waals surface area (Å²) in [6, 6.07) is 4.90. The maximum absolute atomic E-state index is 11.6. The first-order valence-corrected chi connectivity index (χ1v) is 5.89. The molecule has 0 radical (unpaired) electrons. The van der Waals surface area contributed by atoms with E-state index in [0.717, 1.165) is 0 Å². The standard InChI is InChI=1S/C9H12ClNO2S/c10-8-6-7(11)2-3-9(8)14(13)5-1-4-12/h2-3,6,12H,1,4-5,11H2. The molecular weight excluding hydrogens is 222 g/mol. The second kappa shape index (κ2) is 5.34. The monoisotopic (exact) mass is 233 g/mol. The van der Waals surface area contributed by atoms with Crippen LogP contribution in [0.3, 0.4) is 0 Å². The van der Waals surface area contributed by atoms with Crippen LogP contribution in [0, 0.1) is 0 Å². The third-order valence-corrected chi connectivity index (χ3v) is 3.62. The third-order valence-electron chi connectivity index (χ3n) is 1.69.